The van der Waals surface area contributed by atoms with Gasteiger partial charge in [0.15, 0.2) is 23.1 Å². The van der Waals surface area contributed by atoms with Crippen LogP contribution >= 0.6 is 0 Å². The molecule has 3 heterocycles. The smallest absolute Gasteiger partial charge is 0.227 e. The molecule has 0 saturated carbocycles. The van der Waals surface area contributed by atoms with Crippen LogP contribution in [0, 0.1) is 0 Å². The molecule has 0 saturated heterocycles. The largest absolute Gasteiger partial charge is 0.436 e. The van der Waals surface area contributed by atoms with E-state index in [1.54, 1.807) is 0 Å². The van der Waals surface area contributed by atoms with Gasteiger partial charge in [-0.2, -0.15) is 0 Å². The molecule has 0 amide bonds. The number of oxazole rings is 1. The van der Waals surface area contributed by atoms with Crippen LogP contribution in [-0.2, 0) is 0 Å². The number of benzene rings is 6. The third-order valence-corrected chi connectivity index (χ3v) is 8.62. The van der Waals surface area contributed by atoms with Crippen molar-refractivity contribution in [1.82, 2.24) is 24.9 Å². The summed E-state index contributed by atoms with van der Waals surface area (Å²) in [6.45, 7) is 0. The standard InChI is InChI=1S/C43H27N5O/c1-4-14-29(15-5-1)40-46-41(30-16-6-2-7-17-30)48-42(47-40)35-23-11-10-22-33(35)32-26-36(34-24-12-20-28-21-13-25-44-38(28)34)39-37(27-32)49-43(45-39)31-18-8-3-9-19-31/h1-27H. The molecule has 0 aliphatic carbocycles. The molecule has 6 heteroatoms. The fourth-order valence-corrected chi connectivity index (χ4v) is 6.27. The first-order valence-electron chi connectivity index (χ1n) is 16.1. The summed E-state index contributed by atoms with van der Waals surface area (Å²) in [4.78, 5) is 24.8. The average Bonchev–Trinajstić information content (AvgIpc) is 3.63. The Kier molecular flexibility index (Phi) is 7.02. The van der Waals surface area contributed by atoms with Crippen LogP contribution in [-0.4, -0.2) is 24.9 Å². The zero-order chi connectivity index (χ0) is 32.6. The fourth-order valence-electron chi connectivity index (χ4n) is 6.27. The first kappa shape index (κ1) is 28.4. The molecule has 3 aromatic heterocycles. The Morgan fingerprint density at radius 2 is 0.939 bits per heavy atom. The number of aromatic nitrogens is 5. The van der Waals surface area contributed by atoms with E-state index in [2.05, 4.69) is 48.5 Å². The van der Waals surface area contributed by atoms with Crippen LogP contribution in [0.4, 0.5) is 0 Å². The van der Waals surface area contributed by atoms with E-state index in [4.69, 9.17) is 29.3 Å². The quantitative estimate of drug-likeness (QED) is 0.182. The molecular formula is C43H27N5O. The maximum Gasteiger partial charge on any atom is 0.227 e. The lowest BCUT2D eigenvalue weighted by Gasteiger charge is -2.13. The highest BCUT2D eigenvalue weighted by atomic mass is 16.3. The van der Waals surface area contributed by atoms with Crippen molar-refractivity contribution in [2.75, 3.05) is 0 Å². The zero-order valence-corrected chi connectivity index (χ0v) is 26.2. The predicted octanol–water partition coefficient (Wildman–Crippen LogP) is 10.6. The van der Waals surface area contributed by atoms with E-state index < -0.39 is 0 Å². The summed E-state index contributed by atoms with van der Waals surface area (Å²) in [7, 11) is 0. The highest BCUT2D eigenvalue weighted by Crippen LogP contribution is 2.41. The number of fused-ring (bicyclic) bond motifs is 2. The summed E-state index contributed by atoms with van der Waals surface area (Å²) in [5.74, 6) is 2.37. The molecule has 0 aliphatic rings. The van der Waals surface area contributed by atoms with Crippen molar-refractivity contribution in [1.29, 1.82) is 0 Å². The minimum Gasteiger partial charge on any atom is -0.436 e. The van der Waals surface area contributed by atoms with Crippen LogP contribution in [0.25, 0.3) is 89.9 Å². The molecule has 9 aromatic rings. The second kappa shape index (κ2) is 12.1. The van der Waals surface area contributed by atoms with Crippen molar-refractivity contribution in [2.24, 2.45) is 0 Å². The van der Waals surface area contributed by atoms with Crippen LogP contribution in [0.3, 0.4) is 0 Å². The van der Waals surface area contributed by atoms with Gasteiger partial charge in [0, 0.05) is 45.0 Å². The second-order valence-corrected chi connectivity index (χ2v) is 11.7. The summed E-state index contributed by atoms with van der Waals surface area (Å²) >= 11 is 0. The van der Waals surface area contributed by atoms with E-state index in [1.165, 1.54) is 0 Å². The Morgan fingerprint density at radius 3 is 1.63 bits per heavy atom. The molecule has 0 unspecified atom stereocenters. The van der Waals surface area contributed by atoms with E-state index in [1.807, 2.05) is 115 Å². The van der Waals surface area contributed by atoms with E-state index in [0.29, 0.717) is 28.9 Å². The normalized spacial score (nSPS) is 11.3. The summed E-state index contributed by atoms with van der Waals surface area (Å²) in [5, 5.41) is 1.05. The van der Waals surface area contributed by atoms with Crippen molar-refractivity contribution < 1.29 is 4.42 Å². The summed E-state index contributed by atoms with van der Waals surface area (Å²) < 4.78 is 6.52. The van der Waals surface area contributed by atoms with Gasteiger partial charge < -0.3 is 4.42 Å². The van der Waals surface area contributed by atoms with Gasteiger partial charge in [-0.1, -0.05) is 127 Å². The number of hydrogen-bond acceptors (Lipinski definition) is 6. The van der Waals surface area contributed by atoms with Gasteiger partial charge in [0.1, 0.15) is 5.52 Å². The van der Waals surface area contributed by atoms with Gasteiger partial charge in [0.05, 0.1) is 5.52 Å². The van der Waals surface area contributed by atoms with Crippen molar-refractivity contribution in [3.63, 3.8) is 0 Å². The lowest BCUT2D eigenvalue weighted by molar-refractivity contribution is 0.620. The molecule has 0 radical (unpaired) electrons. The number of hydrogen-bond donors (Lipinski definition) is 0. The second-order valence-electron chi connectivity index (χ2n) is 11.7. The monoisotopic (exact) mass is 629 g/mol. The lowest BCUT2D eigenvalue weighted by atomic mass is 9.93. The van der Waals surface area contributed by atoms with Gasteiger partial charge in [-0.15, -0.1) is 0 Å². The first-order valence-corrected chi connectivity index (χ1v) is 16.1. The Balaban J connectivity index is 1.29. The van der Waals surface area contributed by atoms with Crippen molar-refractivity contribution in [2.45, 2.75) is 0 Å². The molecule has 6 nitrogen and oxygen atoms in total. The zero-order valence-electron chi connectivity index (χ0n) is 26.2. The topological polar surface area (TPSA) is 77.6 Å². The average molecular weight is 630 g/mol. The minimum absolute atomic E-state index is 0.563. The fraction of sp³-hybridized carbons (Fsp3) is 0. The van der Waals surface area contributed by atoms with E-state index in [-0.39, 0.29) is 0 Å². The van der Waals surface area contributed by atoms with Crippen LogP contribution < -0.4 is 0 Å². The molecule has 230 valence electrons. The van der Waals surface area contributed by atoms with Crippen molar-refractivity contribution in [3.05, 3.63) is 164 Å². The van der Waals surface area contributed by atoms with E-state index in [0.717, 1.165) is 60.9 Å². The Hall–Kier alpha value is -6.79. The molecule has 0 spiro atoms. The number of para-hydroxylation sites is 1. The van der Waals surface area contributed by atoms with Crippen LogP contribution in [0.5, 0.6) is 0 Å². The number of nitrogens with zero attached hydrogens (tertiary/aromatic N) is 5. The van der Waals surface area contributed by atoms with Gasteiger partial charge in [-0.05, 0) is 41.5 Å². The number of pyridine rings is 1. The van der Waals surface area contributed by atoms with Crippen LogP contribution in [0.15, 0.2) is 168 Å². The molecule has 0 N–H and O–H groups in total. The van der Waals surface area contributed by atoms with Crippen molar-refractivity contribution in [3.8, 4) is 67.9 Å². The van der Waals surface area contributed by atoms with Gasteiger partial charge in [-0.3, -0.25) is 4.98 Å². The highest BCUT2D eigenvalue weighted by Gasteiger charge is 2.20. The summed E-state index contributed by atoms with van der Waals surface area (Å²) in [5.41, 5.74) is 9.81. The third kappa shape index (κ3) is 5.31. The van der Waals surface area contributed by atoms with Gasteiger partial charge in [0.25, 0.3) is 0 Å². The Labute approximate surface area is 282 Å². The molecule has 6 aromatic carbocycles. The number of rotatable bonds is 6. The SMILES string of the molecule is c1ccc(-c2nc(-c3ccccc3)nc(-c3ccccc3-c3cc(-c4cccc5cccnc45)c4nc(-c5ccccc5)oc4c3)n2)cc1. The molecular weight excluding hydrogens is 603 g/mol. The molecule has 9 rings (SSSR count). The molecule has 0 bridgehead atoms. The van der Waals surface area contributed by atoms with Gasteiger partial charge in [-0.25, -0.2) is 19.9 Å². The molecule has 0 aliphatic heterocycles. The molecule has 0 atom stereocenters. The maximum absolute atomic E-state index is 6.52. The minimum atomic E-state index is 0.563. The van der Waals surface area contributed by atoms with Crippen LogP contribution in [0.1, 0.15) is 0 Å². The Bertz CT molecular complexity index is 2540. The Morgan fingerprint density at radius 1 is 0.367 bits per heavy atom. The maximum atomic E-state index is 6.52. The lowest BCUT2D eigenvalue weighted by Crippen LogP contribution is -2.01. The summed E-state index contributed by atoms with van der Waals surface area (Å²) in [6.07, 6.45) is 1.83. The van der Waals surface area contributed by atoms with Crippen molar-refractivity contribution >= 4 is 22.0 Å². The predicted molar refractivity (Wildman–Crippen MR) is 195 cm³/mol. The summed E-state index contributed by atoms with van der Waals surface area (Å²) in [6, 6.07) is 52.8. The van der Waals surface area contributed by atoms with Gasteiger partial charge >= 0.3 is 0 Å². The van der Waals surface area contributed by atoms with Gasteiger partial charge in [0.2, 0.25) is 5.89 Å². The molecule has 0 fully saturated rings. The van der Waals surface area contributed by atoms with E-state index >= 15 is 0 Å². The molecule has 49 heavy (non-hydrogen) atoms. The van der Waals surface area contributed by atoms with Crippen LogP contribution in [0.2, 0.25) is 0 Å². The highest BCUT2D eigenvalue weighted by molar-refractivity contribution is 6.04. The first-order chi connectivity index (χ1) is 24.3. The third-order valence-electron chi connectivity index (χ3n) is 8.62. The van der Waals surface area contributed by atoms with E-state index in [9.17, 15) is 0 Å².